The molecule has 1 amide bonds. The fourth-order valence-corrected chi connectivity index (χ4v) is 2.14. The Morgan fingerprint density at radius 2 is 2.06 bits per heavy atom. The number of para-hydroxylation sites is 1. The van der Waals surface area contributed by atoms with Crippen LogP contribution in [0.4, 0.5) is 5.69 Å². The van der Waals surface area contributed by atoms with Gasteiger partial charge in [0.1, 0.15) is 0 Å². The van der Waals surface area contributed by atoms with Gasteiger partial charge in [-0.2, -0.15) is 0 Å². The van der Waals surface area contributed by atoms with Gasteiger partial charge in [0.25, 0.3) is 0 Å². The molecule has 1 aliphatic rings. The minimum absolute atomic E-state index is 0.158. The molecule has 0 spiro atoms. The van der Waals surface area contributed by atoms with E-state index in [1.165, 1.54) is 19.3 Å². The Morgan fingerprint density at radius 3 is 2.59 bits per heavy atom. The summed E-state index contributed by atoms with van der Waals surface area (Å²) in [6, 6.07) is 9.96. The number of carbonyl (C=O) groups excluding carboxylic acids is 1. The van der Waals surface area contributed by atoms with Gasteiger partial charge in [0.2, 0.25) is 5.91 Å². The Kier molecular flexibility index (Phi) is 4.15. The topological polar surface area (TPSA) is 32.3 Å². The summed E-state index contributed by atoms with van der Waals surface area (Å²) in [5.74, 6) is 0.849. The molecule has 92 valence electrons. The molecule has 17 heavy (non-hydrogen) atoms. The van der Waals surface area contributed by atoms with Gasteiger partial charge in [-0.25, -0.2) is 0 Å². The molecule has 0 atom stereocenters. The molecule has 0 saturated heterocycles. The highest BCUT2D eigenvalue weighted by atomic mass is 16.2. The maximum atomic E-state index is 12.1. The van der Waals surface area contributed by atoms with Gasteiger partial charge in [-0.05, 0) is 37.9 Å². The molecule has 1 aromatic carbocycles. The zero-order chi connectivity index (χ0) is 12.1. The quantitative estimate of drug-likeness (QED) is 0.842. The minimum Gasteiger partial charge on any atom is -0.311 e. The SMILES string of the molecule is CNCC(=O)N(CC1CCC1)c1ccccc1. The maximum Gasteiger partial charge on any atom is 0.240 e. The van der Waals surface area contributed by atoms with Gasteiger partial charge in [0.15, 0.2) is 0 Å². The second-order valence-electron chi connectivity index (χ2n) is 4.67. The highest BCUT2D eigenvalue weighted by molar-refractivity contribution is 5.94. The number of carbonyl (C=O) groups is 1. The van der Waals surface area contributed by atoms with Crippen LogP contribution in [0.3, 0.4) is 0 Å². The van der Waals surface area contributed by atoms with Gasteiger partial charge in [-0.1, -0.05) is 24.6 Å². The van der Waals surface area contributed by atoms with Crippen molar-refractivity contribution < 1.29 is 4.79 Å². The lowest BCUT2D eigenvalue weighted by Crippen LogP contribution is -2.41. The van der Waals surface area contributed by atoms with E-state index in [9.17, 15) is 4.79 Å². The number of nitrogens with one attached hydrogen (secondary N) is 1. The fraction of sp³-hybridized carbons (Fsp3) is 0.500. The van der Waals surface area contributed by atoms with Gasteiger partial charge >= 0.3 is 0 Å². The minimum atomic E-state index is 0.158. The highest BCUT2D eigenvalue weighted by Crippen LogP contribution is 2.28. The summed E-state index contributed by atoms with van der Waals surface area (Å²) >= 11 is 0. The Morgan fingerprint density at radius 1 is 1.35 bits per heavy atom. The molecule has 2 rings (SSSR count). The molecule has 1 aliphatic carbocycles. The monoisotopic (exact) mass is 232 g/mol. The Labute approximate surface area is 103 Å². The summed E-state index contributed by atoms with van der Waals surface area (Å²) in [6.45, 7) is 1.27. The van der Waals surface area contributed by atoms with Crippen LogP contribution in [0.25, 0.3) is 0 Å². The molecule has 1 fully saturated rings. The smallest absolute Gasteiger partial charge is 0.240 e. The van der Waals surface area contributed by atoms with Gasteiger partial charge in [-0.15, -0.1) is 0 Å². The molecule has 1 N–H and O–H groups in total. The number of amides is 1. The van der Waals surface area contributed by atoms with E-state index in [0.29, 0.717) is 12.5 Å². The predicted molar refractivity (Wildman–Crippen MR) is 70.1 cm³/mol. The highest BCUT2D eigenvalue weighted by Gasteiger charge is 2.24. The summed E-state index contributed by atoms with van der Waals surface area (Å²) in [5, 5.41) is 2.94. The molecular weight excluding hydrogens is 212 g/mol. The van der Waals surface area contributed by atoms with E-state index in [1.54, 1.807) is 0 Å². The molecule has 0 unspecified atom stereocenters. The molecule has 0 radical (unpaired) electrons. The van der Waals surface area contributed by atoms with Crippen LogP contribution in [-0.4, -0.2) is 26.0 Å². The van der Waals surface area contributed by atoms with Crippen molar-refractivity contribution in [3.8, 4) is 0 Å². The van der Waals surface area contributed by atoms with Crippen molar-refractivity contribution in [1.29, 1.82) is 0 Å². The number of rotatable bonds is 5. The standard InChI is InChI=1S/C14H20N2O/c1-15-10-14(17)16(11-12-6-5-7-12)13-8-3-2-4-9-13/h2-4,8-9,12,15H,5-7,10-11H2,1H3. The van der Waals surface area contributed by atoms with Crippen molar-refractivity contribution >= 4 is 11.6 Å². The van der Waals surface area contributed by atoms with Gasteiger partial charge in [0, 0.05) is 12.2 Å². The van der Waals surface area contributed by atoms with Crippen LogP contribution in [0.15, 0.2) is 30.3 Å². The van der Waals surface area contributed by atoms with Crippen LogP contribution in [0.5, 0.6) is 0 Å². The van der Waals surface area contributed by atoms with E-state index in [0.717, 1.165) is 12.2 Å². The van der Waals surface area contributed by atoms with E-state index in [1.807, 2.05) is 42.3 Å². The van der Waals surface area contributed by atoms with Crippen LogP contribution in [0, 0.1) is 5.92 Å². The molecule has 0 heterocycles. The summed E-state index contributed by atoms with van der Waals surface area (Å²) in [5.41, 5.74) is 1.01. The first-order valence-corrected chi connectivity index (χ1v) is 6.31. The average Bonchev–Trinajstić information content (AvgIpc) is 2.29. The van der Waals surface area contributed by atoms with E-state index < -0.39 is 0 Å². The van der Waals surface area contributed by atoms with E-state index in [4.69, 9.17) is 0 Å². The Hall–Kier alpha value is -1.35. The zero-order valence-corrected chi connectivity index (χ0v) is 10.4. The molecule has 1 aromatic rings. The second-order valence-corrected chi connectivity index (χ2v) is 4.67. The summed E-state index contributed by atoms with van der Waals surface area (Å²) in [6.07, 6.45) is 3.83. The summed E-state index contributed by atoms with van der Waals surface area (Å²) in [7, 11) is 1.81. The van der Waals surface area contributed by atoms with Crippen LogP contribution in [0.2, 0.25) is 0 Å². The third kappa shape index (κ3) is 3.07. The van der Waals surface area contributed by atoms with Gasteiger partial charge < -0.3 is 10.2 Å². The first-order valence-electron chi connectivity index (χ1n) is 6.31. The number of hydrogen-bond donors (Lipinski definition) is 1. The van der Waals surface area contributed by atoms with Crippen molar-refractivity contribution in [3.05, 3.63) is 30.3 Å². The van der Waals surface area contributed by atoms with Crippen LogP contribution in [0.1, 0.15) is 19.3 Å². The molecular formula is C14H20N2O. The second kappa shape index (κ2) is 5.82. The first-order chi connectivity index (χ1) is 8.31. The normalized spacial score (nSPS) is 15.4. The predicted octanol–water partition coefficient (Wildman–Crippen LogP) is 2.04. The van der Waals surface area contributed by atoms with E-state index in [-0.39, 0.29) is 5.91 Å². The van der Waals surface area contributed by atoms with Crippen molar-refractivity contribution in [2.75, 3.05) is 25.0 Å². The number of likely N-dealkylation sites (N-methyl/N-ethyl adjacent to an activating group) is 1. The third-order valence-corrected chi connectivity index (χ3v) is 3.36. The summed E-state index contributed by atoms with van der Waals surface area (Å²) < 4.78 is 0. The average molecular weight is 232 g/mol. The van der Waals surface area contributed by atoms with Crippen LogP contribution >= 0.6 is 0 Å². The molecule has 1 saturated carbocycles. The Balaban J connectivity index is 2.08. The first kappa shape index (κ1) is 12.1. The van der Waals surface area contributed by atoms with Crippen molar-refractivity contribution in [2.24, 2.45) is 5.92 Å². The van der Waals surface area contributed by atoms with Crippen LogP contribution in [-0.2, 0) is 4.79 Å². The summed E-state index contributed by atoms with van der Waals surface area (Å²) in [4.78, 5) is 14.0. The van der Waals surface area contributed by atoms with E-state index in [2.05, 4.69) is 5.32 Å². The van der Waals surface area contributed by atoms with Crippen molar-refractivity contribution in [3.63, 3.8) is 0 Å². The van der Waals surface area contributed by atoms with Crippen molar-refractivity contribution in [2.45, 2.75) is 19.3 Å². The molecule has 0 aromatic heterocycles. The lowest BCUT2D eigenvalue weighted by molar-refractivity contribution is -0.117. The molecule has 3 heteroatoms. The lowest BCUT2D eigenvalue weighted by Gasteiger charge is -2.32. The van der Waals surface area contributed by atoms with Gasteiger partial charge in [0.05, 0.1) is 6.54 Å². The number of anilines is 1. The Bertz CT molecular complexity index is 360. The third-order valence-electron chi connectivity index (χ3n) is 3.36. The van der Waals surface area contributed by atoms with Crippen molar-refractivity contribution in [1.82, 2.24) is 5.32 Å². The van der Waals surface area contributed by atoms with Gasteiger partial charge in [-0.3, -0.25) is 4.79 Å². The number of hydrogen-bond acceptors (Lipinski definition) is 2. The number of nitrogens with zero attached hydrogens (tertiary/aromatic N) is 1. The lowest BCUT2D eigenvalue weighted by atomic mass is 9.85. The maximum absolute atomic E-state index is 12.1. The fourth-order valence-electron chi connectivity index (χ4n) is 2.14. The molecule has 0 bridgehead atoms. The van der Waals surface area contributed by atoms with Crippen LogP contribution < -0.4 is 10.2 Å². The number of benzene rings is 1. The largest absolute Gasteiger partial charge is 0.311 e. The zero-order valence-electron chi connectivity index (χ0n) is 10.4. The van der Waals surface area contributed by atoms with E-state index >= 15 is 0 Å². The molecule has 3 nitrogen and oxygen atoms in total. The molecule has 0 aliphatic heterocycles.